The molecule has 10 nitrogen and oxygen atoms in total. The molecule has 4 aromatic rings. The van der Waals surface area contributed by atoms with Crippen LogP contribution in [-0.2, 0) is 4.79 Å². The average Bonchev–Trinajstić information content (AvgIpc) is 3.48. The predicted octanol–water partition coefficient (Wildman–Crippen LogP) is 2.97. The summed E-state index contributed by atoms with van der Waals surface area (Å²) in [4.78, 5) is 30.3. The maximum Gasteiger partial charge on any atom is 0.269 e. The van der Waals surface area contributed by atoms with E-state index in [2.05, 4.69) is 20.5 Å². The first kappa shape index (κ1) is 20.9. The number of aromatic amines is 1. The highest BCUT2D eigenvalue weighted by molar-refractivity contribution is 7.99. The first-order valence-corrected chi connectivity index (χ1v) is 11.1. The maximum absolute atomic E-state index is 13.2. The number of aromatic nitrogens is 4. The summed E-state index contributed by atoms with van der Waals surface area (Å²) in [5, 5.41) is 10.2. The number of benzene rings is 2. The molecule has 0 radical (unpaired) electrons. The third kappa shape index (κ3) is 4.22. The number of amides is 1. The van der Waals surface area contributed by atoms with Gasteiger partial charge in [-0.05, 0) is 43.3 Å². The van der Waals surface area contributed by atoms with Crippen molar-refractivity contribution in [2.75, 3.05) is 24.5 Å². The Morgan fingerprint density at radius 2 is 2.03 bits per heavy atom. The van der Waals surface area contributed by atoms with Crippen LogP contribution < -0.4 is 25.1 Å². The van der Waals surface area contributed by atoms with Crippen molar-refractivity contribution in [1.29, 1.82) is 0 Å². The van der Waals surface area contributed by atoms with Crippen molar-refractivity contribution >= 4 is 34.4 Å². The van der Waals surface area contributed by atoms with E-state index in [9.17, 15) is 9.59 Å². The van der Waals surface area contributed by atoms with Crippen LogP contribution in [0.25, 0.3) is 16.7 Å². The molecule has 2 aromatic carbocycles. The second-order valence-corrected chi connectivity index (χ2v) is 7.94. The van der Waals surface area contributed by atoms with Crippen LogP contribution in [0.5, 0.6) is 17.2 Å². The van der Waals surface area contributed by atoms with Crippen molar-refractivity contribution in [1.82, 2.24) is 19.7 Å². The molecule has 0 fully saturated rings. The first-order chi connectivity index (χ1) is 16.1. The van der Waals surface area contributed by atoms with Gasteiger partial charge in [0.15, 0.2) is 22.3 Å². The summed E-state index contributed by atoms with van der Waals surface area (Å²) in [5.41, 5.74) is 1.28. The first-order valence-electron chi connectivity index (χ1n) is 10.1. The molecular formula is C22H19N5O5S. The van der Waals surface area contributed by atoms with Crippen LogP contribution in [0.2, 0.25) is 0 Å². The standard InChI is InChI=1S/C22H19N5O5S/c1-2-30-15-6-4-14(5-7-15)27-21(29)16-10-23-26-20(16)25-22(27)33-11-19(28)24-13-3-8-17-18(9-13)32-12-31-17/h3-10H,2,11-12H2,1H3,(H,23,26)(H,24,28). The van der Waals surface area contributed by atoms with Gasteiger partial charge in [-0.3, -0.25) is 19.3 Å². The van der Waals surface area contributed by atoms with Gasteiger partial charge in [0.05, 0.1) is 24.2 Å². The molecule has 1 aliphatic rings. The van der Waals surface area contributed by atoms with E-state index in [1.807, 2.05) is 6.92 Å². The minimum Gasteiger partial charge on any atom is -0.494 e. The third-order valence-electron chi connectivity index (χ3n) is 4.85. The highest BCUT2D eigenvalue weighted by atomic mass is 32.2. The normalized spacial score (nSPS) is 12.2. The van der Waals surface area contributed by atoms with Crippen LogP contribution >= 0.6 is 11.8 Å². The number of hydrogen-bond acceptors (Lipinski definition) is 8. The molecule has 3 heterocycles. The van der Waals surface area contributed by atoms with Gasteiger partial charge in [0.1, 0.15) is 11.1 Å². The molecule has 168 valence electrons. The molecule has 1 aliphatic heterocycles. The zero-order valence-electron chi connectivity index (χ0n) is 17.5. The van der Waals surface area contributed by atoms with Crippen LogP contribution in [0.3, 0.4) is 0 Å². The summed E-state index contributed by atoms with van der Waals surface area (Å²) >= 11 is 1.15. The number of nitrogens with one attached hydrogen (secondary N) is 2. The second kappa shape index (κ2) is 8.87. The molecule has 0 unspecified atom stereocenters. The highest BCUT2D eigenvalue weighted by Crippen LogP contribution is 2.34. The van der Waals surface area contributed by atoms with Gasteiger partial charge in [0.25, 0.3) is 5.56 Å². The second-order valence-electron chi connectivity index (χ2n) is 7.00. The lowest BCUT2D eigenvalue weighted by Gasteiger charge is -2.13. The lowest BCUT2D eigenvalue weighted by molar-refractivity contribution is -0.113. The van der Waals surface area contributed by atoms with Crippen molar-refractivity contribution in [2.24, 2.45) is 0 Å². The fourth-order valence-corrected chi connectivity index (χ4v) is 4.16. The lowest BCUT2D eigenvalue weighted by atomic mass is 10.3. The predicted molar refractivity (Wildman–Crippen MR) is 123 cm³/mol. The molecule has 33 heavy (non-hydrogen) atoms. The summed E-state index contributed by atoms with van der Waals surface area (Å²) in [7, 11) is 0. The van der Waals surface area contributed by atoms with E-state index in [-0.39, 0.29) is 24.0 Å². The molecule has 0 bridgehead atoms. The fourth-order valence-electron chi connectivity index (χ4n) is 3.36. The number of rotatable bonds is 7. The van der Waals surface area contributed by atoms with Gasteiger partial charge in [-0.1, -0.05) is 11.8 Å². The van der Waals surface area contributed by atoms with Crippen LogP contribution in [0.1, 0.15) is 6.92 Å². The van der Waals surface area contributed by atoms with E-state index >= 15 is 0 Å². The van der Waals surface area contributed by atoms with Crippen LogP contribution in [0.4, 0.5) is 5.69 Å². The van der Waals surface area contributed by atoms with Crippen molar-refractivity contribution < 1.29 is 19.0 Å². The molecule has 0 saturated heterocycles. The Hall–Kier alpha value is -3.99. The van der Waals surface area contributed by atoms with E-state index < -0.39 is 0 Å². The Morgan fingerprint density at radius 3 is 2.85 bits per heavy atom. The Labute approximate surface area is 191 Å². The van der Waals surface area contributed by atoms with Crippen LogP contribution in [0, 0.1) is 0 Å². The monoisotopic (exact) mass is 465 g/mol. The molecule has 2 N–H and O–H groups in total. The lowest BCUT2D eigenvalue weighted by Crippen LogP contribution is -2.22. The molecule has 11 heteroatoms. The summed E-state index contributed by atoms with van der Waals surface area (Å²) < 4.78 is 17.6. The zero-order valence-corrected chi connectivity index (χ0v) is 18.3. The topological polar surface area (TPSA) is 120 Å². The molecule has 0 saturated carbocycles. The van der Waals surface area contributed by atoms with Gasteiger partial charge >= 0.3 is 0 Å². The smallest absolute Gasteiger partial charge is 0.269 e. The van der Waals surface area contributed by atoms with E-state index in [0.717, 1.165) is 11.8 Å². The van der Waals surface area contributed by atoms with E-state index in [1.54, 1.807) is 42.5 Å². The van der Waals surface area contributed by atoms with E-state index in [0.29, 0.717) is 51.4 Å². The van der Waals surface area contributed by atoms with Crippen molar-refractivity contribution in [3.05, 3.63) is 59.0 Å². The fraction of sp³-hybridized carbons (Fsp3) is 0.182. The largest absolute Gasteiger partial charge is 0.494 e. The molecule has 1 amide bonds. The highest BCUT2D eigenvalue weighted by Gasteiger charge is 2.17. The van der Waals surface area contributed by atoms with Gasteiger partial charge in [-0.2, -0.15) is 5.10 Å². The SMILES string of the molecule is CCOc1ccc(-n2c(SCC(=O)Nc3ccc4c(c3)OCO4)nc3[nH]ncc3c2=O)cc1. The van der Waals surface area contributed by atoms with Crippen LogP contribution in [0.15, 0.2) is 58.6 Å². The quantitative estimate of drug-likeness (QED) is 0.316. The minimum atomic E-state index is -0.281. The van der Waals surface area contributed by atoms with Crippen molar-refractivity contribution in [2.45, 2.75) is 12.1 Å². The molecule has 0 aliphatic carbocycles. The van der Waals surface area contributed by atoms with Crippen LogP contribution in [-0.4, -0.2) is 44.8 Å². The average molecular weight is 465 g/mol. The number of ether oxygens (including phenoxy) is 3. The van der Waals surface area contributed by atoms with Gasteiger partial charge in [-0.15, -0.1) is 0 Å². The number of fused-ring (bicyclic) bond motifs is 2. The van der Waals surface area contributed by atoms with E-state index in [4.69, 9.17) is 14.2 Å². The Balaban J connectivity index is 1.39. The Morgan fingerprint density at radius 1 is 1.21 bits per heavy atom. The summed E-state index contributed by atoms with van der Waals surface area (Å²) in [6.07, 6.45) is 1.44. The molecule has 0 atom stereocenters. The number of thioether (sulfide) groups is 1. The van der Waals surface area contributed by atoms with Gasteiger partial charge in [0.2, 0.25) is 12.7 Å². The molecule has 0 spiro atoms. The number of H-pyrrole nitrogens is 1. The zero-order chi connectivity index (χ0) is 22.8. The summed E-state index contributed by atoms with van der Waals surface area (Å²) in [5.74, 6) is 1.70. The molecule has 5 rings (SSSR count). The van der Waals surface area contributed by atoms with Gasteiger partial charge < -0.3 is 19.5 Å². The summed E-state index contributed by atoms with van der Waals surface area (Å²) in [6, 6.07) is 12.3. The van der Waals surface area contributed by atoms with Crippen molar-refractivity contribution in [3.63, 3.8) is 0 Å². The minimum absolute atomic E-state index is 0.0392. The third-order valence-corrected chi connectivity index (χ3v) is 5.78. The molecular weight excluding hydrogens is 446 g/mol. The summed E-state index contributed by atoms with van der Waals surface area (Å²) in [6.45, 7) is 2.60. The van der Waals surface area contributed by atoms with E-state index in [1.165, 1.54) is 10.8 Å². The number of carbonyl (C=O) groups excluding carboxylic acids is 1. The molecule has 2 aromatic heterocycles. The number of nitrogens with zero attached hydrogens (tertiary/aromatic N) is 3. The van der Waals surface area contributed by atoms with Gasteiger partial charge in [0, 0.05) is 11.8 Å². The maximum atomic E-state index is 13.2. The number of carbonyl (C=O) groups is 1. The van der Waals surface area contributed by atoms with Crippen molar-refractivity contribution in [3.8, 4) is 22.9 Å². The number of hydrogen-bond donors (Lipinski definition) is 2. The number of anilines is 1. The Bertz CT molecular complexity index is 1380. The Kier molecular flexibility index (Phi) is 5.61. The van der Waals surface area contributed by atoms with Gasteiger partial charge in [-0.25, -0.2) is 4.98 Å².